The van der Waals surface area contributed by atoms with Gasteiger partial charge in [0.15, 0.2) is 0 Å². The molecule has 1 amide bonds. The van der Waals surface area contributed by atoms with Crippen molar-refractivity contribution in [2.45, 2.75) is 39.7 Å². The van der Waals surface area contributed by atoms with Gasteiger partial charge in [-0.15, -0.1) is 0 Å². The first-order valence-corrected chi connectivity index (χ1v) is 10.2. The molecule has 0 bridgehead atoms. The second kappa shape index (κ2) is 8.57. The summed E-state index contributed by atoms with van der Waals surface area (Å²) in [5.74, 6) is 1.14. The summed E-state index contributed by atoms with van der Waals surface area (Å²) in [5.41, 5.74) is 3.55. The third-order valence-electron chi connectivity index (χ3n) is 5.25. The molecule has 0 N–H and O–H groups in total. The van der Waals surface area contributed by atoms with E-state index in [4.69, 9.17) is 0 Å². The highest BCUT2D eigenvalue weighted by atomic mass is 16.2. The highest BCUT2D eigenvalue weighted by molar-refractivity contribution is 5.95. The van der Waals surface area contributed by atoms with E-state index < -0.39 is 0 Å². The number of aromatic nitrogens is 4. The first-order chi connectivity index (χ1) is 14.5. The smallest absolute Gasteiger partial charge is 0.228 e. The third kappa shape index (κ3) is 4.45. The maximum absolute atomic E-state index is 12.8. The summed E-state index contributed by atoms with van der Waals surface area (Å²) in [4.78, 5) is 35.5. The highest BCUT2D eigenvalue weighted by Crippen LogP contribution is 2.25. The van der Waals surface area contributed by atoms with Crippen molar-refractivity contribution in [3.8, 4) is 11.1 Å². The number of hydrogen-bond donors (Lipinski definition) is 0. The molecule has 1 aliphatic rings. The van der Waals surface area contributed by atoms with Crippen LogP contribution in [0.5, 0.6) is 0 Å². The molecule has 0 spiro atoms. The van der Waals surface area contributed by atoms with Gasteiger partial charge in [-0.1, -0.05) is 19.1 Å². The van der Waals surface area contributed by atoms with Crippen molar-refractivity contribution in [3.05, 3.63) is 60.3 Å². The molecule has 0 radical (unpaired) electrons. The summed E-state index contributed by atoms with van der Waals surface area (Å²) in [7, 11) is 0. The molecule has 7 nitrogen and oxygen atoms in total. The fourth-order valence-electron chi connectivity index (χ4n) is 3.78. The molecule has 0 aromatic carbocycles. The van der Waals surface area contributed by atoms with Gasteiger partial charge in [0.1, 0.15) is 11.6 Å². The maximum Gasteiger partial charge on any atom is 0.228 e. The van der Waals surface area contributed by atoms with Crippen molar-refractivity contribution in [3.63, 3.8) is 0 Å². The van der Waals surface area contributed by atoms with Gasteiger partial charge in [0.25, 0.3) is 0 Å². The average molecular weight is 403 g/mol. The zero-order chi connectivity index (χ0) is 21.1. The Kier molecular flexibility index (Phi) is 5.70. The molecular formula is C23H25N5O2. The second-order valence-corrected chi connectivity index (χ2v) is 7.93. The van der Waals surface area contributed by atoms with E-state index in [1.165, 1.54) is 0 Å². The summed E-state index contributed by atoms with van der Waals surface area (Å²) in [5, 5.41) is 4.46. The van der Waals surface area contributed by atoms with Crippen LogP contribution in [-0.2, 0) is 22.6 Å². The number of nitrogens with zero attached hydrogens (tertiary/aromatic N) is 5. The van der Waals surface area contributed by atoms with Gasteiger partial charge in [-0.3, -0.25) is 24.5 Å². The number of carbonyl (C=O) groups excluding carboxylic acids is 2. The lowest BCUT2D eigenvalue weighted by molar-refractivity contribution is -0.123. The van der Waals surface area contributed by atoms with Crippen molar-refractivity contribution in [1.29, 1.82) is 0 Å². The van der Waals surface area contributed by atoms with Crippen LogP contribution in [0.3, 0.4) is 0 Å². The van der Waals surface area contributed by atoms with Crippen LogP contribution in [0.1, 0.15) is 31.2 Å². The molecular weight excluding hydrogens is 378 g/mol. The van der Waals surface area contributed by atoms with E-state index in [1.54, 1.807) is 23.5 Å². The first-order valence-electron chi connectivity index (χ1n) is 10.2. The number of fused-ring (bicyclic) bond motifs is 1. The van der Waals surface area contributed by atoms with Crippen molar-refractivity contribution in [2.75, 3.05) is 11.4 Å². The quantitative estimate of drug-likeness (QED) is 0.631. The zero-order valence-electron chi connectivity index (χ0n) is 17.3. The SMILES string of the molecule is Cc1cc2n(n1)C[C@H](C)CN2C(=O)CCC(=O)Cc1ccc(-c2cccnc2)cn1. The number of hydrogen-bond acceptors (Lipinski definition) is 5. The number of aryl methyl sites for hydroxylation is 1. The van der Waals surface area contributed by atoms with Gasteiger partial charge in [0.05, 0.1) is 5.69 Å². The number of Topliss-reactive ketones (excluding diaryl/α,β-unsaturated/α-hetero) is 1. The lowest BCUT2D eigenvalue weighted by Gasteiger charge is -2.31. The normalized spacial score (nSPS) is 15.7. The van der Waals surface area contributed by atoms with E-state index in [0.717, 1.165) is 29.2 Å². The minimum Gasteiger partial charge on any atom is -0.299 e. The molecule has 3 aromatic heterocycles. The van der Waals surface area contributed by atoms with Crippen LogP contribution >= 0.6 is 0 Å². The Bertz CT molecular complexity index is 1040. The fourth-order valence-corrected chi connectivity index (χ4v) is 3.78. The molecule has 7 heteroatoms. The van der Waals surface area contributed by atoms with Crippen LogP contribution in [0.2, 0.25) is 0 Å². The summed E-state index contributed by atoms with van der Waals surface area (Å²) in [6.45, 7) is 5.50. The second-order valence-electron chi connectivity index (χ2n) is 7.93. The van der Waals surface area contributed by atoms with Crippen LogP contribution in [0.15, 0.2) is 48.9 Å². The predicted octanol–water partition coefficient (Wildman–Crippen LogP) is 3.22. The zero-order valence-corrected chi connectivity index (χ0v) is 17.3. The molecule has 3 aromatic rings. The summed E-state index contributed by atoms with van der Waals surface area (Å²) in [6.07, 6.45) is 5.90. The van der Waals surface area contributed by atoms with Crippen LogP contribution < -0.4 is 4.90 Å². The minimum atomic E-state index is -0.0315. The Morgan fingerprint density at radius 3 is 2.67 bits per heavy atom. The molecule has 1 atom stereocenters. The van der Waals surface area contributed by atoms with Gasteiger partial charge in [0.2, 0.25) is 5.91 Å². The standard InChI is InChI=1S/C23H25N5O2/c1-16-14-27(22-10-17(2)26-28(22)15-16)23(30)8-7-21(29)11-20-6-5-19(13-25-20)18-4-3-9-24-12-18/h3-6,9-10,12-13,16H,7-8,11,14-15H2,1-2H3/t16-/m1/s1. The van der Waals surface area contributed by atoms with Crippen molar-refractivity contribution in [2.24, 2.45) is 5.92 Å². The van der Waals surface area contributed by atoms with Crippen LogP contribution in [0.25, 0.3) is 11.1 Å². The number of pyridine rings is 2. The van der Waals surface area contributed by atoms with Crippen LogP contribution in [-0.4, -0.2) is 38.0 Å². The van der Waals surface area contributed by atoms with Gasteiger partial charge < -0.3 is 0 Å². The number of amides is 1. The topological polar surface area (TPSA) is 81.0 Å². The largest absolute Gasteiger partial charge is 0.299 e. The van der Waals surface area contributed by atoms with Crippen molar-refractivity contribution in [1.82, 2.24) is 19.7 Å². The third-order valence-corrected chi connectivity index (χ3v) is 5.25. The predicted molar refractivity (Wildman–Crippen MR) is 114 cm³/mol. The van der Waals surface area contributed by atoms with E-state index in [-0.39, 0.29) is 31.0 Å². The lowest BCUT2D eigenvalue weighted by Crippen LogP contribution is -2.41. The monoisotopic (exact) mass is 403 g/mol. The molecule has 0 unspecified atom stereocenters. The lowest BCUT2D eigenvalue weighted by atomic mass is 10.1. The summed E-state index contributed by atoms with van der Waals surface area (Å²) >= 11 is 0. The van der Waals surface area contributed by atoms with E-state index >= 15 is 0 Å². The molecule has 4 rings (SSSR count). The Morgan fingerprint density at radius 1 is 1.10 bits per heavy atom. The van der Waals surface area contributed by atoms with Gasteiger partial charge in [-0.2, -0.15) is 5.10 Å². The highest BCUT2D eigenvalue weighted by Gasteiger charge is 2.27. The Morgan fingerprint density at radius 2 is 1.93 bits per heavy atom. The number of anilines is 1. The summed E-state index contributed by atoms with van der Waals surface area (Å²) in [6, 6.07) is 9.57. The number of rotatable bonds is 6. The maximum atomic E-state index is 12.8. The molecule has 0 saturated heterocycles. The van der Waals surface area contributed by atoms with Gasteiger partial charge in [0, 0.05) is 73.8 Å². The molecule has 4 heterocycles. The van der Waals surface area contributed by atoms with Gasteiger partial charge in [-0.05, 0) is 25.0 Å². The van der Waals surface area contributed by atoms with Gasteiger partial charge in [-0.25, -0.2) is 4.68 Å². The fraction of sp³-hybridized carbons (Fsp3) is 0.348. The number of ketones is 1. The number of carbonyl (C=O) groups is 2. The van der Waals surface area contributed by atoms with E-state index in [2.05, 4.69) is 22.0 Å². The van der Waals surface area contributed by atoms with E-state index in [9.17, 15) is 9.59 Å². The summed E-state index contributed by atoms with van der Waals surface area (Å²) < 4.78 is 1.89. The first kappa shape index (κ1) is 19.9. The molecule has 0 fully saturated rings. The molecule has 154 valence electrons. The van der Waals surface area contributed by atoms with Crippen molar-refractivity contribution < 1.29 is 9.59 Å². The Balaban J connectivity index is 1.33. The molecule has 0 aliphatic carbocycles. The average Bonchev–Trinajstić information content (AvgIpc) is 3.12. The molecule has 30 heavy (non-hydrogen) atoms. The van der Waals surface area contributed by atoms with Gasteiger partial charge >= 0.3 is 0 Å². The Hall–Kier alpha value is -3.35. The van der Waals surface area contributed by atoms with E-state index in [0.29, 0.717) is 18.2 Å². The Labute approximate surface area is 175 Å². The molecule has 0 saturated carbocycles. The van der Waals surface area contributed by atoms with Crippen LogP contribution in [0, 0.1) is 12.8 Å². The molecule has 1 aliphatic heterocycles. The van der Waals surface area contributed by atoms with Crippen LogP contribution in [0.4, 0.5) is 5.82 Å². The van der Waals surface area contributed by atoms with E-state index in [1.807, 2.05) is 41.9 Å². The van der Waals surface area contributed by atoms with Crippen molar-refractivity contribution >= 4 is 17.5 Å². The minimum absolute atomic E-state index is 0.0136.